The minimum Gasteiger partial charge on any atom is -0.478 e. The number of carbonyl (C=O) groups excluding carboxylic acids is 1. The van der Waals surface area contributed by atoms with Crippen LogP contribution in [0.15, 0.2) is 24.3 Å². The average Bonchev–Trinajstić information content (AvgIpc) is 2.72. The second-order valence-corrected chi connectivity index (χ2v) is 5.64. The third kappa shape index (κ3) is 3.84. The van der Waals surface area contributed by atoms with Gasteiger partial charge in [0, 0.05) is 12.6 Å². The zero-order chi connectivity index (χ0) is 15.2. The molecule has 4 heteroatoms. The quantitative estimate of drug-likeness (QED) is 0.926. The van der Waals surface area contributed by atoms with Gasteiger partial charge < -0.3 is 10.0 Å². The van der Waals surface area contributed by atoms with Crippen LogP contribution in [0, 0.1) is 0 Å². The van der Waals surface area contributed by atoms with Crippen LogP contribution in [0.4, 0.5) is 0 Å². The fourth-order valence-electron chi connectivity index (χ4n) is 3.08. The molecular formula is C17H23NO3. The molecule has 1 unspecified atom stereocenters. The molecule has 4 nitrogen and oxygen atoms in total. The Balaban J connectivity index is 2.14. The van der Waals surface area contributed by atoms with E-state index in [4.69, 9.17) is 0 Å². The summed E-state index contributed by atoms with van der Waals surface area (Å²) >= 11 is 0. The molecular weight excluding hydrogens is 266 g/mol. The molecule has 0 saturated carbocycles. The van der Waals surface area contributed by atoms with E-state index in [0.29, 0.717) is 11.6 Å². The Morgan fingerprint density at radius 1 is 1.24 bits per heavy atom. The summed E-state index contributed by atoms with van der Waals surface area (Å²) in [5.74, 6) is -0.918. The Labute approximate surface area is 125 Å². The second-order valence-electron chi connectivity index (χ2n) is 5.64. The normalized spacial score (nSPS) is 19.1. The van der Waals surface area contributed by atoms with E-state index in [1.807, 2.05) is 4.90 Å². The molecule has 1 aliphatic rings. The van der Waals surface area contributed by atoms with E-state index in [1.165, 1.54) is 12.8 Å². The Morgan fingerprint density at radius 2 is 2.00 bits per heavy atom. The smallest absolute Gasteiger partial charge is 0.335 e. The molecule has 0 aromatic heterocycles. The average molecular weight is 289 g/mol. The summed E-state index contributed by atoms with van der Waals surface area (Å²) in [4.78, 5) is 25.8. The van der Waals surface area contributed by atoms with Gasteiger partial charge in [-0.25, -0.2) is 4.79 Å². The van der Waals surface area contributed by atoms with Gasteiger partial charge in [-0.15, -0.1) is 0 Å². The van der Waals surface area contributed by atoms with Crippen molar-refractivity contribution in [1.82, 2.24) is 4.90 Å². The number of rotatable bonds is 4. The summed E-state index contributed by atoms with van der Waals surface area (Å²) in [6, 6.07) is 7.08. The van der Waals surface area contributed by atoms with E-state index in [0.717, 1.165) is 25.8 Å². The highest BCUT2D eigenvalue weighted by Crippen LogP contribution is 2.21. The lowest BCUT2D eigenvalue weighted by atomic mass is 10.0. The standard InChI is InChI=1S/C17H23NO3/c1-2-14-9-4-3-7-11-18(14)16(19)12-13-8-5-6-10-15(13)17(20)21/h5-6,8,10,14H,2-4,7,9,11-12H2,1H3,(H,20,21). The molecule has 1 heterocycles. The van der Waals surface area contributed by atoms with Crippen molar-refractivity contribution >= 4 is 11.9 Å². The molecule has 0 aliphatic carbocycles. The zero-order valence-electron chi connectivity index (χ0n) is 12.5. The van der Waals surface area contributed by atoms with E-state index in [1.54, 1.807) is 24.3 Å². The molecule has 1 aromatic rings. The van der Waals surface area contributed by atoms with Crippen molar-refractivity contribution in [2.75, 3.05) is 6.54 Å². The first-order valence-corrected chi connectivity index (χ1v) is 7.74. The first kappa shape index (κ1) is 15.5. The highest BCUT2D eigenvalue weighted by Gasteiger charge is 2.25. The first-order valence-electron chi connectivity index (χ1n) is 7.74. The second kappa shape index (κ2) is 7.25. The van der Waals surface area contributed by atoms with Crippen molar-refractivity contribution in [3.8, 4) is 0 Å². The molecule has 1 N–H and O–H groups in total. The van der Waals surface area contributed by atoms with Crippen molar-refractivity contribution in [3.05, 3.63) is 35.4 Å². The number of carboxylic acid groups (broad SMARTS) is 1. The lowest BCUT2D eigenvalue weighted by Crippen LogP contribution is -2.40. The molecule has 114 valence electrons. The number of carboxylic acids is 1. The monoisotopic (exact) mass is 289 g/mol. The number of hydrogen-bond donors (Lipinski definition) is 1. The molecule has 0 bridgehead atoms. The predicted octanol–water partition coefficient (Wildman–Crippen LogP) is 3.11. The number of hydrogen-bond acceptors (Lipinski definition) is 2. The first-order chi connectivity index (χ1) is 10.1. The van der Waals surface area contributed by atoms with Crippen LogP contribution in [-0.4, -0.2) is 34.5 Å². The van der Waals surface area contributed by atoms with Crippen LogP contribution in [0.25, 0.3) is 0 Å². The van der Waals surface area contributed by atoms with Gasteiger partial charge in [0.15, 0.2) is 0 Å². The van der Waals surface area contributed by atoms with Gasteiger partial charge in [0.1, 0.15) is 0 Å². The fraction of sp³-hybridized carbons (Fsp3) is 0.529. The fourth-order valence-corrected chi connectivity index (χ4v) is 3.08. The maximum atomic E-state index is 12.6. The number of nitrogens with zero attached hydrogens (tertiary/aromatic N) is 1. The molecule has 1 aliphatic heterocycles. The van der Waals surface area contributed by atoms with E-state index >= 15 is 0 Å². The molecule has 2 rings (SSSR count). The lowest BCUT2D eigenvalue weighted by molar-refractivity contribution is -0.132. The molecule has 1 saturated heterocycles. The van der Waals surface area contributed by atoms with Crippen LogP contribution in [0.1, 0.15) is 54.9 Å². The van der Waals surface area contributed by atoms with Gasteiger partial charge in [-0.05, 0) is 30.9 Å². The molecule has 0 radical (unpaired) electrons. The highest BCUT2D eigenvalue weighted by atomic mass is 16.4. The van der Waals surface area contributed by atoms with Crippen molar-refractivity contribution in [3.63, 3.8) is 0 Å². The van der Waals surface area contributed by atoms with Gasteiger partial charge in [0.05, 0.1) is 12.0 Å². The van der Waals surface area contributed by atoms with E-state index < -0.39 is 5.97 Å². The Morgan fingerprint density at radius 3 is 2.71 bits per heavy atom. The minimum absolute atomic E-state index is 0.0532. The van der Waals surface area contributed by atoms with Crippen molar-refractivity contribution in [2.24, 2.45) is 0 Å². The lowest BCUT2D eigenvalue weighted by Gasteiger charge is -2.29. The van der Waals surface area contributed by atoms with E-state index in [-0.39, 0.29) is 17.9 Å². The molecule has 1 amide bonds. The Hall–Kier alpha value is -1.84. The van der Waals surface area contributed by atoms with Gasteiger partial charge in [-0.1, -0.05) is 38.0 Å². The van der Waals surface area contributed by atoms with Gasteiger partial charge in [0.25, 0.3) is 0 Å². The maximum absolute atomic E-state index is 12.6. The summed E-state index contributed by atoms with van der Waals surface area (Å²) in [5, 5.41) is 9.21. The number of likely N-dealkylation sites (tertiary alicyclic amines) is 1. The van der Waals surface area contributed by atoms with Crippen molar-refractivity contribution in [2.45, 2.75) is 51.5 Å². The number of benzene rings is 1. The van der Waals surface area contributed by atoms with Crippen LogP contribution in [-0.2, 0) is 11.2 Å². The molecule has 1 fully saturated rings. The molecule has 0 spiro atoms. The summed E-state index contributed by atoms with van der Waals surface area (Å²) in [7, 11) is 0. The van der Waals surface area contributed by atoms with Gasteiger partial charge >= 0.3 is 5.97 Å². The third-order valence-corrected chi connectivity index (χ3v) is 4.26. The molecule has 1 atom stereocenters. The third-order valence-electron chi connectivity index (χ3n) is 4.26. The van der Waals surface area contributed by atoms with Gasteiger partial charge in [-0.3, -0.25) is 4.79 Å². The van der Waals surface area contributed by atoms with Crippen LogP contribution in [0.3, 0.4) is 0 Å². The number of aromatic carboxylic acids is 1. The Kier molecular flexibility index (Phi) is 5.37. The molecule has 21 heavy (non-hydrogen) atoms. The van der Waals surface area contributed by atoms with Crippen LogP contribution in [0.5, 0.6) is 0 Å². The largest absolute Gasteiger partial charge is 0.478 e. The highest BCUT2D eigenvalue weighted by molar-refractivity contribution is 5.91. The van der Waals surface area contributed by atoms with Gasteiger partial charge in [0.2, 0.25) is 5.91 Å². The minimum atomic E-state index is -0.971. The summed E-state index contributed by atoms with van der Waals surface area (Å²) in [5.41, 5.74) is 0.836. The summed E-state index contributed by atoms with van der Waals surface area (Å²) < 4.78 is 0. The predicted molar refractivity (Wildman–Crippen MR) is 81.4 cm³/mol. The van der Waals surface area contributed by atoms with Gasteiger partial charge in [-0.2, -0.15) is 0 Å². The number of amides is 1. The van der Waals surface area contributed by atoms with Crippen molar-refractivity contribution < 1.29 is 14.7 Å². The zero-order valence-corrected chi connectivity index (χ0v) is 12.5. The van der Waals surface area contributed by atoms with Crippen LogP contribution in [0.2, 0.25) is 0 Å². The molecule has 1 aromatic carbocycles. The number of carbonyl (C=O) groups is 2. The van der Waals surface area contributed by atoms with Crippen LogP contribution >= 0.6 is 0 Å². The van der Waals surface area contributed by atoms with E-state index in [2.05, 4.69) is 6.92 Å². The van der Waals surface area contributed by atoms with E-state index in [9.17, 15) is 14.7 Å². The van der Waals surface area contributed by atoms with Crippen molar-refractivity contribution in [1.29, 1.82) is 0 Å². The summed E-state index contributed by atoms with van der Waals surface area (Å²) in [6.07, 6.45) is 5.59. The maximum Gasteiger partial charge on any atom is 0.335 e. The van der Waals surface area contributed by atoms with Crippen LogP contribution < -0.4 is 0 Å². The topological polar surface area (TPSA) is 57.6 Å². The Bertz CT molecular complexity index is 513. The SMILES string of the molecule is CCC1CCCCCN1C(=O)Cc1ccccc1C(=O)O. The summed E-state index contributed by atoms with van der Waals surface area (Å²) in [6.45, 7) is 2.91.